The molecule has 3 aromatic rings. The molecule has 0 saturated heterocycles. The number of aromatic carboxylic acids is 1. The van der Waals surface area contributed by atoms with Crippen LogP contribution in [-0.2, 0) is 12.0 Å². The van der Waals surface area contributed by atoms with Crippen LogP contribution in [0.4, 0.5) is 0 Å². The summed E-state index contributed by atoms with van der Waals surface area (Å²) >= 11 is 0. The Balaban J connectivity index is 2.07. The zero-order valence-electron chi connectivity index (χ0n) is 17.0. The largest absolute Gasteiger partial charge is 0.508 e. The van der Waals surface area contributed by atoms with Gasteiger partial charge in [0.1, 0.15) is 22.8 Å². The smallest absolute Gasteiger partial charge is 0.336 e. The van der Waals surface area contributed by atoms with E-state index in [9.17, 15) is 55.9 Å². The van der Waals surface area contributed by atoms with Crippen molar-refractivity contribution in [3.8, 4) is 51.7 Å². The van der Waals surface area contributed by atoms with Gasteiger partial charge in [-0.2, -0.15) is 0 Å². The van der Waals surface area contributed by atoms with E-state index in [-0.39, 0.29) is 16.9 Å². The molecule has 0 amide bonds. The molecule has 1 aliphatic heterocycles. The number of ether oxygens (including phenoxy) is 1. The molecule has 0 bridgehead atoms. The molecule has 12 heteroatoms. The monoisotopic (exact) mass is 474 g/mol. The number of phenols is 8. The molecule has 0 spiro atoms. The first-order valence-electron chi connectivity index (χ1n) is 9.55. The SMILES string of the molecule is O=C(O)c1cc(O)c(O)c(O)c1C1(O)Cc2c(O)cc(O)cc2OC1c1cc(O)c(O)c(O)c1. The van der Waals surface area contributed by atoms with E-state index in [1.54, 1.807) is 0 Å². The standard InChI is InChI=1S/C22H18O12/c23-8-3-11(24)10-6-22(33,16-9(21(31)32)5-14(27)18(29)19(16)30)20(34-15(10)4-8)7-1-12(25)17(28)13(26)2-7/h1-5,20,23-30,33H,6H2,(H,31,32). The summed E-state index contributed by atoms with van der Waals surface area (Å²) in [6.07, 6.45) is -2.42. The third-order valence-corrected chi connectivity index (χ3v) is 5.61. The Morgan fingerprint density at radius 3 is 1.97 bits per heavy atom. The predicted octanol–water partition coefficient (Wildman–Crippen LogP) is 1.59. The lowest BCUT2D eigenvalue weighted by atomic mass is 9.75. The summed E-state index contributed by atoms with van der Waals surface area (Å²) < 4.78 is 5.74. The van der Waals surface area contributed by atoms with E-state index in [4.69, 9.17) is 4.74 Å². The predicted molar refractivity (Wildman–Crippen MR) is 111 cm³/mol. The third-order valence-electron chi connectivity index (χ3n) is 5.61. The Labute approximate surface area is 189 Å². The molecule has 0 aromatic heterocycles. The van der Waals surface area contributed by atoms with Gasteiger partial charge in [-0.25, -0.2) is 4.79 Å². The molecule has 1 aliphatic rings. The van der Waals surface area contributed by atoms with Crippen LogP contribution in [0.25, 0.3) is 0 Å². The fraction of sp³-hybridized carbons (Fsp3) is 0.136. The van der Waals surface area contributed by atoms with Crippen LogP contribution in [0.2, 0.25) is 0 Å². The van der Waals surface area contributed by atoms with Crippen molar-refractivity contribution in [3.05, 3.63) is 52.6 Å². The van der Waals surface area contributed by atoms with Crippen LogP contribution in [-0.4, -0.2) is 57.0 Å². The maximum absolute atomic E-state index is 11.9. The van der Waals surface area contributed by atoms with Crippen LogP contribution < -0.4 is 4.74 Å². The van der Waals surface area contributed by atoms with E-state index in [2.05, 4.69) is 0 Å². The van der Waals surface area contributed by atoms with Gasteiger partial charge in [-0.05, 0) is 18.2 Å². The van der Waals surface area contributed by atoms with Gasteiger partial charge in [-0.3, -0.25) is 0 Å². The maximum Gasteiger partial charge on any atom is 0.336 e. The number of phenolic OH excluding ortho intramolecular Hbond substituents is 8. The van der Waals surface area contributed by atoms with Crippen molar-refractivity contribution in [3.63, 3.8) is 0 Å². The molecule has 0 radical (unpaired) electrons. The average Bonchev–Trinajstić information content (AvgIpc) is 2.75. The highest BCUT2D eigenvalue weighted by Gasteiger charge is 2.51. The van der Waals surface area contributed by atoms with Crippen molar-refractivity contribution in [2.45, 2.75) is 18.1 Å². The second-order valence-corrected chi connectivity index (χ2v) is 7.77. The first kappa shape index (κ1) is 22.5. The van der Waals surface area contributed by atoms with Gasteiger partial charge in [-0.1, -0.05) is 0 Å². The Bertz CT molecular complexity index is 1330. The lowest BCUT2D eigenvalue weighted by molar-refractivity contribution is -0.0849. The Hall–Kier alpha value is -4.71. The molecule has 1 heterocycles. The fourth-order valence-corrected chi connectivity index (χ4v) is 4.08. The van der Waals surface area contributed by atoms with Crippen molar-refractivity contribution in [2.24, 2.45) is 0 Å². The molecule has 0 fully saturated rings. The van der Waals surface area contributed by atoms with Crippen LogP contribution in [0.15, 0.2) is 30.3 Å². The minimum atomic E-state index is -2.62. The number of hydrogen-bond donors (Lipinski definition) is 10. The van der Waals surface area contributed by atoms with Crippen molar-refractivity contribution < 1.29 is 60.6 Å². The Morgan fingerprint density at radius 2 is 1.38 bits per heavy atom. The number of benzene rings is 3. The molecule has 12 nitrogen and oxygen atoms in total. The Kier molecular flexibility index (Phi) is 4.91. The van der Waals surface area contributed by atoms with E-state index in [0.717, 1.165) is 24.3 Å². The van der Waals surface area contributed by atoms with E-state index in [1.807, 2.05) is 0 Å². The van der Waals surface area contributed by atoms with Crippen LogP contribution in [0.1, 0.15) is 33.2 Å². The van der Waals surface area contributed by atoms with Crippen molar-refractivity contribution in [1.29, 1.82) is 0 Å². The van der Waals surface area contributed by atoms with Gasteiger partial charge in [0.05, 0.1) is 5.56 Å². The number of fused-ring (bicyclic) bond motifs is 1. The van der Waals surface area contributed by atoms with Gasteiger partial charge in [0.15, 0.2) is 34.9 Å². The second-order valence-electron chi connectivity index (χ2n) is 7.77. The van der Waals surface area contributed by atoms with Crippen LogP contribution >= 0.6 is 0 Å². The third kappa shape index (κ3) is 3.24. The highest BCUT2D eigenvalue weighted by atomic mass is 16.5. The first-order valence-corrected chi connectivity index (χ1v) is 9.55. The Morgan fingerprint density at radius 1 is 0.794 bits per heavy atom. The van der Waals surface area contributed by atoms with Crippen LogP contribution in [0.5, 0.6) is 51.7 Å². The number of carboxylic acids is 1. The van der Waals surface area contributed by atoms with Gasteiger partial charge in [-0.15, -0.1) is 0 Å². The van der Waals surface area contributed by atoms with Gasteiger partial charge in [0, 0.05) is 35.2 Å². The summed E-state index contributed by atoms with van der Waals surface area (Å²) in [5, 5.41) is 102. The zero-order valence-corrected chi connectivity index (χ0v) is 17.0. The number of aliphatic hydroxyl groups is 1. The van der Waals surface area contributed by atoms with Gasteiger partial charge in [0.2, 0.25) is 5.75 Å². The van der Waals surface area contributed by atoms with Crippen LogP contribution in [0.3, 0.4) is 0 Å². The summed E-state index contributed by atoms with van der Waals surface area (Å²) in [5.74, 6) is -8.77. The summed E-state index contributed by atoms with van der Waals surface area (Å²) in [6, 6.07) is 4.35. The summed E-state index contributed by atoms with van der Waals surface area (Å²) in [4.78, 5) is 11.9. The molecule has 10 N–H and O–H groups in total. The van der Waals surface area contributed by atoms with E-state index in [0.29, 0.717) is 6.07 Å². The van der Waals surface area contributed by atoms with E-state index >= 15 is 0 Å². The van der Waals surface area contributed by atoms with E-state index < -0.39 is 81.2 Å². The van der Waals surface area contributed by atoms with Gasteiger partial charge >= 0.3 is 5.97 Å². The number of carboxylic acid groups (broad SMARTS) is 1. The molecule has 178 valence electrons. The molecule has 2 unspecified atom stereocenters. The normalized spacial score (nSPS) is 19.3. The second kappa shape index (κ2) is 7.42. The minimum absolute atomic E-state index is 0.118. The summed E-state index contributed by atoms with van der Waals surface area (Å²) in [7, 11) is 0. The maximum atomic E-state index is 11.9. The average molecular weight is 474 g/mol. The summed E-state index contributed by atoms with van der Waals surface area (Å²) in [6.45, 7) is 0. The lowest BCUT2D eigenvalue weighted by Gasteiger charge is -2.42. The van der Waals surface area contributed by atoms with Gasteiger partial charge < -0.3 is 55.8 Å². The molecule has 0 aliphatic carbocycles. The zero-order chi connectivity index (χ0) is 25.1. The van der Waals surface area contributed by atoms with Crippen molar-refractivity contribution in [1.82, 2.24) is 0 Å². The molecular formula is C22H18O12. The lowest BCUT2D eigenvalue weighted by Crippen LogP contribution is -2.43. The number of carbonyl (C=O) groups is 1. The van der Waals surface area contributed by atoms with Gasteiger partial charge in [0.25, 0.3) is 0 Å². The van der Waals surface area contributed by atoms with Crippen molar-refractivity contribution in [2.75, 3.05) is 0 Å². The van der Waals surface area contributed by atoms with E-state index in [1.165, 1.54) is 0 Å². The highest BCUT2D eigenvalue weighted by molar-refractivity contribution is 5.92. The first-order chi connectivity index (χ1) is 15.8. The van der Waals surface area contributed by atoms with Crippen molar-refractivity contribution >= 4 is 5.97 Å². The fourth-order valence-electron chi connectivity index (χ4n) is 4.08. The number of hydrogen-bond acceptors (Lipinski definition) is 11. The molecule has 34 heavy (non-hydrogen) atoms. The molecule has 3 aromatic carbocycles. The quantitative estimate of drug-likeness (QED) is 0.244. The van der Waals surface area contributed by atoms with Crippen LogP contribution in [0, 0.1) is 0 Å². The molecule has 0 saturated carbocycles. The number of aromatic hydroxyl groups is 8. The molecule has 4 rings (SSSR count). The highest BCUT2D eigenvalue weighted by Crippen LogP contribution is 2.56. The minimum Gasteiger partial charge on any atom is -0.508 e. The molecule has 2 atom stereocenters. The summed E-state index contributed by atoms with van der Waals surface area (Å²) in [5.41, 5.74) is -4.62. The number of rotatable bonds is 3. The molecular weight excluding hydrogens is 456 g/mol. The topological polar surface area (TPSA) is 229 Å².